The summed E-state index contributed by atoms with van der Waals surface area (Å²) in [5.41, 5.74) is -13.7. The molecule has 5 fully saturated rings. The number of halogens is 6. The molecule has 420 valence electrons. The number of rotatable bonds is 21. The lowest BCUT2D eigenvalue weighted by Gasteiger charge is -2.61. The van der Waals surface area contributed by atoms with E-state index in [9.17, 15) is 45.5 Å². The Hall–Kier alpha value is -4.38. The van der Waals surface area contributed by atoms with E-state index in [4.69, 9.17) is 37.7 Å². The second-order valence-electron chi connectivity index (χ2n) is 22.1. The molecule has 1 saturated heterocycles. The van der Waals surface area contributed by atoms with Crippen LogP contribution in [0.1, 0.15) is 123 Å². The summed E-state index contributed by atoms with van der Waals surface area (Å²) in [6.45, 7) is 7.75. The fraction of sp³-hybridized carbons (Fsp3) is 0.627. The van der Waals surface area contributed by atoms with Crippen molar-refractivity contribution in [1.82, 2.24) is 0 Å². The van der Waals surface area contributed by atoms with Crippen LogP contribution >= 0.6 is 45.2 Å². The topological polar surface area (TPSA) is 259 Å². The highest BCUT2D eigenvalue weighted by Gasteiger charge is 2.75. The van der Waals surface area contributed by atoms with Crippen molar-refractivity contribution in [2.75, 3.05) is 26.4 Å². The van der Waals surface area contributed by atoms with Gasteiger partial charge in [0.05, 0.1) is 55.8 Å². The molecule has 0 aromatic heterocycles. The van der Waals surface area contributed by atoms with E-state index in [1.165, 1.54) is 53.7 Å². The van der Waals surface area contributed by atoms with E-state index in [0.29, 0.717) is 15.6 Å². The summed E-state index contributed by atoms with van der Waals surface area (Å²) in [7, 11) is -6.56. The molecule has 4 bridgehead atoms. The van der Waals surface area contributed by atoms with E-state index in [2.05, 4.69) is 0 Å². The molecular weight excluding hydrogens is 1260 g/mol. The molecular formula is C51H60F4I2O18S. The Bertz CT molecular complexity index is 2760. The van der Waals surface area contributed by atoms with Crippen LogP contribution < -0.4 is 0 Å². The average Bonchev–Trinajstić information content (AvgIpc) is 3.72. The predicted molar refractivity (Wildman–Crippen MR) is 273 cm³/mol. The minimum Gasteiger partial charge on any atom is -0.507 e. The predicted octanol–water partition coefficient (Wildman–Crippen LogP) is 8.64. The van der Waals surface area contributed by atoms with Crippen LogP contribution in [0.2, 0.25) is 0 Å². The lowest BCUT2D eigenvalue weighted by atomic mass is 9.45. The molecule has 18 nitrogen and oxygen atoms in total. The Morgan fingerprint density at radius 3 is 1.89 bits per heavy atom. The van der Waals surface area contributed by atoms with E-state index < -0.39 is 134 Å². The molecule has 7 rings (SSSR count). The van der Waals surface area contributed by atoms with Gasteiger partial charge < -0.3 is 38.3 Å². The lowest BCUT2D eigenvalue weighted by molar-refractivity contribution is -0.236. The number of ether oxygens (including phenoxy) is 7. The van der Waals surface area contributed by atoms with Crippen molar-refractivity contribution in [2.24, 2.45) is 38.9 Å². The van der Waals surface area contributed by atoms with Crippen LogP contribution in [0.15, 0.2) is 42.5 Å². The monoisotopic (exact) mass is 1320 g/mol. The third-order valence-corrected chi connectivity index (χ3v) is 18.9. The summed E-state index contributed by atoms with van der Waals surface area (Å²) in [5, 5.41) is 4.43. The number of phenols is 1. The molecule has 1 heterocycles. The zero-order valence-electron chi connectivity index (χ0n) is 42.9. The van der Waals surface area contributed by atoms with Crippen LogP contribution in [0.5, 0.6) is 5.75 Å². The Kier molecular flexibility index (Phi) is 17.1. The van der Waals surface area contributed by atoms with Gasteiger partial charge in [0.25, 0.3) is 0 Å². The zero-order chi connectivity index (χ0) is 57.0. The molecule has 0 radical (unpaired) electrons. The quantitative estimate of drug-likeness (QED) is 0.0296. The van der Waals surface area contributed by atoms with Crippen LogP contribution in [0.3, 0.4) is 0 Å². The number of cyclic esters (lactones) is 1. The molecule has 2 aromatic rings. The fourth-order valence-electron chi connectivity index (χ4n) is 11.5. The van der Waals surface area contributed by atoms with Crippen LogP contribution in [-0.2, 0) is 77.6 Å². The standard InChI is InChI=1S/C51H60F4I2O18S/c1-43(2,38(61)74-45(5,6)30-12-10-9-11-13-30)47(8,41(64)73-34-14-16-69-37(34)60)46(7,40(63)72-19-18-70-36(59)32-21-31(56)22-33(58)35(32)57)44(3,4)39(62)75-49-25-28-20-29(26-49)24-48(23-28,27-49)42(65)71-17-15-50(52,53)51(54,55)76(66,67)68/h9-13,21-22,28-29,34,58H,14-20,23-27H2,1-8H3,(H,66,67,68). The maximum Gasteiger partial charge on any atom is 0.431 e. The van der Waals surface area contributed by atoms with Gasteiger partial charge in [-0.2, -0.15) is 26.0 Å². The second-order valence-corrected chi connectivity index (χ2v) is 25.9. The number of hydrogen-bond acceptors (Lipinski definition) is 17. The summed E-state index contributed by atoms with van der Waals surface area (Å²) in [6, 6.07) is 11.4. The number of carbonyl (C=O) groups excluding carboxylic acids is 7. The van der Waals surface area contributed by atoms with Gasteiger partial charge in [-0.15, -0.1) is 0 Å². The molecule has 0 amide bonds. The molecule has 76 heavy (non-hydrogen) atoms. The van der Waals surface area contributed by atoms with Crippen LogP contribution in [0.4, 0.5) is 17.6 Å². The van der Waals surface area contributed by atoms with Crippen molar-refractivity contribution in [1.29, 1.82) is 0 Å². The van der Waals surface area contributed by atoms with Crippen molar-refractivity contribution in [3.05, 3.63) is 60.7 Å². The average molecular weight is 1320 g/mol. The number of carbonyl (C=O) groups is 7. The molecule has 2 N–H and O–H groups in total. The molecule has 5 aliphatic rings. The maximum absolute atomic E-state index is 15.5. The van der Waals surface area contributed by atoms with Gasteiger partial charge in [-0.25, -0.2) is 9.59 Å². The van der Waals surface area contributed by atoms with Crippen molar-refractivity contribution in [3.63, 3.8) is 0 Å². The largest absolute Gasteiger partial charge is 0.507 e. The van der Waals surface area contributed by atoms with Crippen molar-refractivity contribution >= 4 is 97.1 Å². The molecule has 5 atom stereocenters. The number of alkyl halides is 4. The van der Waals surface area contributed by atoms with Crippen LogP contribution in [-0.4, -0.2) is 109 Å². The minimum absolute atomic E-state index is 0.00825. The Morgan fingerprint density at radius 1 is 0.763 bits per heavy atom. The minimum atomic E-state index is -6.56. The second kappa shape index (κ2) is 21.3. The van der Waals surface area contributed by atoms with Gasteiger partial charge in [-0.1, -0.05) is 30.3 Å². The maximum atomic E-state index is 15.5. The Balaban J connectivity index is 1.38. The van der Waals surface area contributed by atoms with E-state index in [1.807, 2.05) is 22.6 Å². The Morgan fingerprint density at radius 2 is 1.33 bits per heavy atom. The summed E-state index contributed by atoms with van der Waals surface area (Å²) in [5.74, 6) is -14.1. The van der Waals surface area contributed by atoms with E-state index in [0.717, 1.165) is 0 Å². The van der Waals surface area contributed by atoms with Gasteiger partial charge in [0.2, 0.25) is 6.10 Å². The molecule has 1 aliphatic heterocycles. The van der Waals surface area contributed by atoms with Gasteiger partial charge in [0, 0.05) is 16.4 Å². The SMILES string of the molecule is CC(C)(OC(=O)C(C)(C)C(C)(C(=O)OC1CCOC1=O)C(C)(C(=O)OCCOC(=O)c1cc(I)cc(O)c1I)C(C)(C)C(=O)OC12CC3CC(C1)CC(C(=O)OCCC(F)(F)C(F)(F)S(=O)(=O)O)(C3)C2)c1ccccc1. The van der Waals surface area contributed by atoms with Gasteiger partial charge in [0.1, 0.15) is 30.2 Å². The first-order valence-corrected chi connectivity index (χ1v) is 27.8. The molecule has 2 aromatic carbocycles. The van der Waals surface area contributed by atoms with Gasteiger partial charge >= 0.3 is 63.1 Å². The molecule has 4 aliphatic carbocycles. The Labute approximate surface area is 463 Å². The molecule has 0 spiro atoms. The first kappa shape index (κ1) is 60.8. The summed E-state index contributed by atoms with van der Waals surface area (Å²) in [4.78, 5) is 101. The smallest absolute Gasteiger partial charge is 0.431 e. The van der Waals surface area contributed by atoms with Gasteiger partial charge in [-0.05, 0) is 162 Å². The summed E-state index contributed by atoms with van der Waals surface area (Å²) in [6.07, 6.45) is -2.82. The number of benzene rings is 2. The van der Waals surface area contributed by atoms with E-state index in [1.54, 1.807) is 66.8 Å². The first-order chi connectivity index (χ1) is 34.8. The summed E-state index contributed by atoms with van der Waals surface area (Å²) < 4.78 is 129. The van der Waals surface area contributed by atoms with Crippen molar-refractivity contribution in [3.8, 4) is 5.75 Å². The highest BCUT2D eigenvalue weighted by molar-refractivity contribution is 14.1. The van der Waals surface area contributed by atoms with Crippen LogP contribution in [0.25, 0.3) is 0 Å². The fourth-order valence-corrected chi connectivity index (χ4v) is 13.1. The first-order valence-electron chi connectivity index (χ1n) is 24.2. The molecule has 4 saturated carbocycles. The van der Waals surface area contributed by atoms with Gasteiger partial charge in [0.15, 0.2) is 0 Å². The van der Waals surface area contributed by atoms with Crippen LogP contribution in [0, 0.1) is 46.1 Å². The number of hydrogen-bond donors (Lipinski definition) is 2. The number of phenolic OH excluding ortho intramolecular Hbond substituents is 1. The highest BCUT2D eigenvalue weighted by atomic mass is 127. The van der Waals surface area contributed by atoms with E-state index in [-0.39, 0.29) is 71.9 Å². The van der Waals surface area contributed by atoms with Crippen molar-refractivity contribution in [2.45, 2.75) is 135 Å². The number of aromatic hydroxyl groups is 1. The van der Waals surface area contributed by atoms with E-state index >= 15 is 19.2 Å². The number of esters is 7. The van der Waals surface area contributed by atoms with Crippen molar-refractivity contribution < 1.29 is 102 Å². The lowest BCUT2D eigenvalue weighted by Crippen LogP contribution is -2.68. The normalized spacial score (nSPS) is 24.3. The van der Waals surface area contributed by atoms with Gasteiger partial charge in [-0.3, -0.25) is 28.5 Å². The third kappa shape index (κ3) is 11.0. The molecule has 25 heteroatoms. The molecule has 5 unspecified atom stereocenters. The highest BCUT2D eigenvalue weighted by Crippen LogP contribution is 2.66. The third-order valence-electron chi connectivity index (χ3n) is 16.2. The zero-order valence-corrected chi connectivity index (χ0v) is 48.0. The summed E-state index contributed by atoms with van der Waals surface area (Å²) >= 11 is 3.64.